The van der Waals surface area contributed by atoms with Crippen molar-refractivity contribution in [3.63, 3.8) is 0 Å². The van der Waals surface area contributed by atoms with Crippen LogP contribution in [0.1, 0.15) is 37.7 Å². The molecule has 2 atom stereocenters. The molecule has 1 saturated carbocycles. The fourth-order valence-electron chi connectivity index (χ4n) is 2.87. The van der Waals surface area contributed by atoms with E-state index in [0.717, 1.165) is 6.42 Å². The Bertz CT molecular complexity index is 551. The van der Waals surface area contributed by atoms with Crippen molar-refractivity contribution in [1.29, 1.82) is 0 Å². The number of rotatable bonds is 6. The summed E-state index contributed by atoms with van der Waals surface area (Å²) in [5.41, 5.74) is 0. The molecule has 114 valence electrons. The predicted molar refractivity (Wildman–Crippen MR) is 77.9 cm³/mol. The van der Waals surface area contributed by atoms with E-state index in [4.69, 9.17) is 4.42 Å². The Hall–Kier alpha value is -0.850. The predicted octanol–water partition coefficient (Wildman–Crippen LogP) is 2.02. The Labute approximate surface area is 121 Å². The molecular weight excluding hydrogens is 276 g/mol. The van der Waals surface area contributed by atoms with Crippen LogP contribution in [0, 0.1) is 18.8 Å². The molecular formula is C14H24N2O3S. The maximum absolute atomic E-state index is 12.3. The van der Waals surface area contributed by atoms with Crippen molar-refractivity contribution in [3.8, 4) is 0 Å². The lowest BCUT2D eigenvalue weighted by Crippen LogP contribution is -2.30. The first kappa shape index (κ1) is 15.5. The van der Waals surface area contributed by atoms with Crippen molar-refractivity contribution in [2.45, 2.75) is 44.6 Å². The van der Waals surface area contributed by atoms with Crippen molar-refractivity contribution in [2.75, 3.05) is 13.6 Å². The lowest BCUT2D eigenvalue weighted by molar-refractivity contribution is 0.414. The Morgan fingerprint density at radius 3 is 2.75 bits per heavy atom. The van der Waals surface area contributed by atoms with Gasteiger partial charge in [-0.15, -0.1) is 0 Å². The van der Waals surface area contributed by atoms with Gasteiger partial charge in [-0.1, -0.05) is 19.8 Å². The SMILES string of the molecule is CNCc1cc(S(=O)(=O)NCC2CCCC2C)c(C)o1. The molecule has 0 amide bonds. The third kappa shape index (κ3) is 3.42. The fraction of sp³-hybridized carbons (Fsp3) is 0.714. The summed E-state index contributed by atoms with van der Waals surface area (Å²) in [5, 5.41) is 2.95. The first-order valence-electron chi connectivity index (χ1n) is 7.17. The van der Waals surface area contributed by atoms with Crippen LogP contribution in [0.4, 0.5) is 0 Å². The third-order valence-corrected chi connectivity index (χ3v) is 5.67. The first-order chi connectivity index (χ1) is 9.44. The van der Waals surface area contributed by atoms with Gasteiger partial charge in [-0.25, -0.2) is 13.1 Å². The zero-order valence-corrected chi connectivity index (χ0v) is 13.2. The van der Waals surface area contributed by atoms with Crippen molar-refractivity contribution in [2.24, 2.45) is 11.8 Å². The van der Waals surface area contributed by atoms with Gasteiger partial charge >= 0.3 is 0 Å². The average molecular weight is 300 g/mol. The van der Waals surface area contributed by atoms with Gasteiger partial charge in [0.05, 0.1) is 6.54 Å². The largest absolute Gasteiger partial charge is 0.464 e. The summed E-state index contributed by atoms with van der Waals surface area (Å²) < 4.78 is 32.9. The second-order valence-electron chi connectivity index (χ2n) is 5.68. The lowest BCUT2D eigenvalue weighted by atomic mass is 9.99. The van der Waals surface area contributed by atoms with Crippen molar-refractivity contribution in [1.82, 2.24) is 10.0 Å². The maximum atomic E-state index is 12.3. The van der Waals surface area contributed by atoms with E-state index in [9.17, 15) is 8.42 Å². The lowest BCUT2D eigenvalue weighted by Gasteiger charge is -2.15. The van der Waals surface area contributed by atoms with E-state index in [-0.39, 0.29) is 4.90 Å². The number of sulfonamides is 1. The molecule has 1 fully saturated rings. The highest BCUT2D eigenvalue weighted by Gasteiger charge is 2.27. The third-order valence-electron chi connectivity index (χ3n) is 4.14. The van der Waals surface area contributed by atoms with Gasteiger partial charge in [0.1, 0.15) is 16.4 Å². The summed E-state index contributed by atoms with van der Waals surface area (Å²) in [4.78, 5) is 0.258. The maximum Gasteiger partial charge on any atom is 0.244 e. The minimum Gasteiger partial charge on any atom is -0.464 e. The number of aryl methyl sites for hydroxylation is 1. The van der Waals surface area contributed by atoms with Crippen LogP contribution in [-0.2, 0) is 16.6 Å². The van der Waals surface area contributed by atoms with Crippen LogP contribution in [0.5, 0.6) is 0 Å². The molecule has 1 aliphatic carbocycles. The molecule has 2 N–H and O–H groups in total. The van der Waals surface area contributed by atoms with E-state index >= 15 is 0 Å². The summed E-state index contributed by atoms with van der Waals surface area (Å²) in [6.07, 6.45) is 3.51. The highest BCUT2D eigenvalue weighted by atomic mass is 32.2. The van der Waals surface area contributed by atoms with Crippen LogP contribution < -0.4 is 10.0 Å². The van der Waals surface area contributed by atoms with Crippen molar-refractivity contribution < 1.29 is 12.8 Å². The molecule has 0 bridgehead atoms. The second kappa shape index (κ2) is 6.28. The molecule has 20 heavy (non-hydrogen) atoms. The molecule has 2 unspecified atom stereocenters. The van der Waals surface area contributed by atoms with E-state index < -0.39 is 10.0 Å². The Balaban J connectivity index is 2.06. The van der Waals surface area contributed by atoms with E-state index in [1.807, 2.05) is 0 Å². The van der Waals surface area contributed by atoms with E-state index in [2.05, 4.69) is 17.0 Å². The van der Waals surface area contributed by atoms with Crippen LogP contribution in [0.3, 0.4) is 0 Å². The van der Waals surface area contributed by atoms with Gasteiger partial charge < -0.3 is 9.73 Å². The van der Waals surface area contributed by atoms with Gasteiger partial charge in [0.25, 0.3) is 0 Å². The zero-order chi connectivity index (χ0) is 14.8. The van der Waals surface area contributed by atoms with E-state index in [1.165, 1.54) is 12.8 Å². The molecule has 0 saturated heterocycles. The van der Waals surface area contributed by atoms with Crippen molar-refractivity contribution >= 4 is 10.0 Å². The first-order valence-corrected chi connectivity index (χ1v) is 8.66. The molecule has 5 nitrogen and oxygen atoms in total. The van der Waals surface area contributed by atoms with Gasteiger partial charge in [-0.3, -0.25) is 0 Å². The smallest absolute Gasteiger partial charge is 0.244 e. The Kier molecular flexibility index (Phi) is 4.88. The standard InChI is InChI=1S/C14H24N2O3S/c1-10-5-4-6-12(10)8-16-20(17,18)14-7-13(9-15-3)19-11(14)2/h7,10,12,15-16H,4-6,8-9H2,1-3H3. The van der Waals surface area contributed by atoms with Gasteiger partial charge in [-0.2, -0.15) is 0 Å². The Morgan fingerprint density at radius 1 is 1.40 bits per heavy atom. The summed E-state index contributed by atoms with van der Waals surface area (Å²) in [7, 11) is -1.67. The molecule has 6 heteroatoms. The minimum atomic E-state index is -3.47. The highest BCUT2D eigenvalue weighted by molar-refractivity contribution is 7.89. The summed E-state index contributed by atoms with van der Waals surface area (Å²) >= 11 is 0. The van der Waals surface area contributed by atoms with E-state index in [0.29, 0.717) is 36.4 Å². The summed E-state index contributed by atoms with van der Waals surface area (Å²) in [6, 6.07) is 1.60. The molecule has 0 aliphatic heterocycles. The monoisotopic (exact) mass is 300 g/mol. The number of hydrogen-bond donors (Lipinski definition) is 2. The summed E-state index contributed by atoms with van der Waals surface area (Å²) in [5.74, 6) is 2.14. The van der Waals surface area contributed by atoms with Crippen LogP contribution in [0.25, 0.3) is 0 Å². The molecule has 0 spiro atoms. The quantitative estimate of drug-likeness (QED) is 0.843. The highest BCUT2D eigenvalue weighted by Crippen LogP contribution is 2.31. The summed E-state index contributed by atoms with van der Waals surface area (Å²) in [6.45, 7) is 4.93. The molecule has 2 rings (SSSR count). The fourth-order valence-corrected chi connectivity index (χ4v) is 4.17. The molecule has 1 aromatic rings. The molecule has 0 aromatic carbocycles. The van der Waals surface area contributed by atoms with Gasteiger partial charge in [-0.05, 0) is 32.2 Å². The second-order valence-corrected chi connectivity index (χ2v) is 7.42. The zero-order valence-electron chi connectivity index (χ0n) is 12.4. The van der Waals surface area contributed by atoms with Crippen LogP contribution >= 0.6 is 0 Å². The van der Waals surface area contributed by atoms with E-state index in [1.54, 1.807) is 20.0 Å². The number of hydrogen-bond acceptors (Lipinski definition) is 4. The van der Waals surface area contributed by atoms with Crippen LogP contribution in [-0.4, -0.2) is 22.0 Å². The number of furan rings is 1. The van der Waals surface area contributed by atoms with Gasteiger partial charge in [0, 0.05) is 12.6 Å². The minimum absolute atomic E-state index is 0.258. The number of nitrogens with one attached hydrogen (secondary N) is 2. The molecule has 1 heterocycles. The van der Waals surface area contributed by atoms with Crippen molar-refractivity contribution in [3.05, 3.63) is 17.6 Å². The topological polar surface area (TPSA) is 71.3 Å². The van der Waals surface area contributed by atoms with Crippen LogP contribution in [0.15, 0.2) is 15.4 Å². The molecule has 1 aliphatic rings. The van der Waals surface area contributed by atoms with Gasteiger partial charge in [0.15, 0.2) is 0 Å². The molecule has 1 aromatic heterocycles. The Morgan fingerprint density at radius 2 is 2.15 bits per heavy atom. The van der Waals surface area contributed by atoms with Crippen LogP contribution in [0.2, 0.25) is 0 Å². The molecule has 0 radical (unpaired) electrons. The van der Waals surface area contributed by atoms with Gasteiger partial charge in [0.2, 0.25) is 10.0 Å². The normalized spacial score (nSPS) is 23.4. The average Bonchev–Trinajstić information content (AvgIpc) is 2.94.